The number of aromatic nitrogens is 2. The number of carboxylic acid groups (broad SMARTS) is 1. The maximum atomic E-state index is 16.8. The zero-order chi connectivity index (χ0) is 34.2. The molecule has 0 spiro atoms. The number of aldehydes is 1. The molecule has 3 heterocycles. The van der Waals surface area contributed by atoms with Gasteiger partial charge in [-0.3, -0.25) is 0 Å². The normalized spacial score (nSPS) is 18.2. The van der Waals surface area contributed by atoms with Crippen LogP contribution < -0.4 is 14.4 Å². The quantitative estimate of drug-likeness (QED) is 0.152. The summed E-state index contributed by atoms with van der Waals surface area (Å²) in [6.07, 6.45) is 5.28. The van der Waals surface area contributed by atoms with Gasteiger partial charge in [0.15, 0.2) is 5.82 Å². The smallest absolute Gasteiger partial charge is 0.407 e. The molecular formula is C34H39ClF2N6O5. The summed E-state index contributed by atoms with van der Waals surface area (Å²) < 4.78 is 44.3. The van der Waals surface area contributed by atoms with Crippen molar-refractivity contribution in [1.82, 2.24) is 19.8 Å². The number of halogens is 3. The van der Waals surface area contributed by atoms with Gasteiger partial charge in [0.1, 0.15) is 35.8 Å². The Bertz CT molecular complexity index is 1670. The number of likely N-dealkylation sites (tertiary alicyclic amines) is 1. The Morgan fingerprint density at radius 3 is 2.67 bits per heavy atom. The molecule has 0 radical (unpaired) electrons. The lowest BCUT2D eigenvalue weighted by molar-refractivity contribution is -0.107. The molecule has 3 aromatic rings. The Labute approximate surface area is 283 Å². The number of ether oxygens (including phenoxy) is 2. The van der Waals surface area contributed by atoms with Crippen molar-refractivity contribution in [2.75, 3.05) is 51.3 Å². The van der Waals surface area contributed by atoms with Crippen molar-refractivity contribution in [3.8, 4) is 29.0 Å². The highest BCUT2D eigenvalue weighted by molar-refractivity contribution is 6.34. The van der Waals surface area contributed by atoms with Crippen LogP contribution in [0, 0.1) is 23.0 Å². The summed E-state index contributed by atoms with van der Waals surface area (Å²) >= 11 is 6.75. The third kappa shape index (κ3) is 7.88. The summed E-state index contributed by atoms with van der Waals surface area (Å²) in [7, 11) is 2.00. The lowest BCUT2D eigenvalue weighted by atomic mass is 10.0. The number of amides is 1. The van der Waals surface area contributed by atoms with Crippen molar-refractivity contribution in [3.63, 3.8) is 0 Å². The molecule has 0 bridgehead atoms. The SMILES string of the molecule is CN1CCC[C@H]1COc1nc(N2CCN(C(=O)O)[C@@H](CC#N)C2)c2cc(Cl)c(-c3c(F)cccc3OCCCCCCC=O)c(F)c2n1. The number of unbranched alkanes of at least 4 members (excludes halogenated alkanes) is 4. The van der Waals surface area contributed by atoms with Gasteiger partial charge in [0.05, 0.1) is 35.7 Å². The van der Waals surface area contributed by atoms with Gasteiger partial charge in [-0.2, -0.15) is 15.2 Å². The maximum Gasteiger partial charge on any atom is 0.407 e. The molecule has 2 aromatic carbocycles. The highest BCUT2D eigenvalue weighted by atomic mass is 35.5. The number of nitriles is 1. The number of nitrogens with zero attached hydrogens (tertiary/aromatic N) is 6. The summed E-state index contributed by atoms with van der Waals surface area (Å²) in [6.45, 7) is 1.89. The lowest BCUT2D eigenvalue weighted by Crippen LogP contribution is -2.55. The first-order valence-corrected chi connectivity index (χ1v) is 16.6. The van der Waals surface area contributed by atoms with Crippen molar-refractivity contribution in [3.05, 3.63) is 40.9 Å². The second-order valence-electron chi connectivity index (χ2n) is 12.1. The number of rotatable bonds is 14. The number of fused-ring (bicyclic) bond motifs is 1. The van der Waals surface area contributed by atoms with E-state index in [4.69, 9.17) is 21.1 Å². The molecule has 1 amide bonds. The molecule has 0 saturated carbocycles. The highest BCUT2D eigenvalue weighted by Crippen LogP contribution is 2.43. The summed E-state index contributed by atoms with van der Waals surface area (Å²) in [5.41, 5.74) is -0.495. The van der Waals surface area contributed by atoms with Crippen LogP contribution in [-0.4, -0.2) is 95.8 Å². The minimum atomic E-state index is -1.13. The van der Waals surface area contributed by atoms with Gasteiger partial charge in [-0.05, 0) is 57.5 Å². The van der Waals surface area contributed by atoms with Crippen molar-refractivity contribution >= 4 is 40.7 Å². The van der Waals surface area contributed by atoms with E-state index in [1.165, 1.54) is 23.1 Å². The van der Waals surface area contributed by atoms with E-state index in [0.29, 0.717) is 12.8 Å². The van der Waals surface area contributed by atoms with Crippen LogP contribution in [0.4, 0.5) is 19.4 Å². The van der Waals surface area contributed by atoms with Gasteiger partial charge in [-0.25, -0.2) is 13.6 Å². The largest absolute Gasteiger partial charge is 0.493 e. The van der Waals surface area contributed by atoms with Gasteiger partial charge in [0, 0.05) is 43.0 Å². The van der Waals surface area contributed by atoms with E-state index in [0.717, 1.165) is 44.9 Å². The molecule has 2 saturated heterocycles. The van der Waals surface area contributed by atoms with Crippen LogP contribution in [0.2, 0.25) is 5.02 Å². The molecule has 5 rings (SSSR count). The van der Waals surface area contributed by atoms with Crippen LogP contribution >= 0.6 is 11.6 Å². The Kier molecular flexibility index (Phi) is 11.8. The highest BCUT2D eigenvalue weighted by Gasteiger charge is 2.33. The van der Waals surface area contributed by atoms with Crippen LogP contribution in [0.5, 0.6) is 11.8 Å². The van der Waals surface area contributed by atoms with Crippen LogP contribution in [0.1, 0.15) is 51.4 Å². The molecule has 1 N–H and O–H groups in total. The third-order valence-electron chi connectivity index (χ3n) is 8.97. The number of carbonyl (C=O) groups excluding carboxylic acids is 1. The molecule has 1 aromatic heterocycles. The third-order valence-corrected chi connectivity index (χ3v) is 9.27. The first-order valence-electron chi connectivity index (χ1n) is 16.2. The minimum Gasteiger partial charge on any atom is -0.493 e. The zero-order valence-corrected chi connectivity index (χ0v) is 27.6. The van der Waals surface area contributed by atoms with E-state index in [2.05, 4.69) is 14.9 Å². The fourth-order valence-corrected chi connectivity index (χ4v) is 6.65. The standard InChI is InChI=1S/C34H39ClF2N6O5/c1-41-14-8-9-23(41)21-48-33-39-31-24(32(40-33)42-15-16-43(34(45)46)22(20-42)12-13-38)19-25(35)28(30(31)37)29-26(36)10-7-11-27(29)47-18-6-4-2-3-5-17-44/h7,10-11,17,19,22-23H,2-6,8-9,12,14-16,18,20-21H2,1H3,(H,45,46)/t22-,23-/m0/s1. The van der Waals surface area contributed by atoms with Gasteiger partial charge >= 0.3 is 12.1 Å². The molecule has 256 valence electrons. The Morgan fingerprint density at radius 1 is 1.12 bits per heavy atom. The number of carbonyl (C=O) groups is 2. The fraction of sp³-hybridized carbons (Fsp3) is 0.500. The number of anilines is 1. The molecule has 14 heteroatoms. The maximum absolute atomic E-state index is 16.8. The van der Waals surface area contributed by atoms with Gasteiger partial charge in [-0.1, -0.05) is 30.5 Å². The van der Waals surface area contributed by atoms with Crippen LogP contribution in [0.3, 0.4) is 0 Å². The predicted octanol–water partition coefficient (Wildman–Crippen LogP) is 6.31. The lowest BCUT2D eigenvalue weighted by Gasteiger charge is -2.40. The van der Waals surface area contributed by atoms with Crippen molar-refractivity contribution < 1.29 is 33.0 Å². The van der Waals surface area contributed by atoms with E-state index >= 15 is 8.78 Å². The van der Waals surface area contributed by atoms with Crippen molar-refractivity contribution in [1.29, 1.82) is 5.26 Å². The van der Waals surface area contributed by atoms with Gasteiger partial charge < -0.3 is 34.1 Å². The van der Waals surface area contributed by atoms with Crippen LogP contribution in [0.25, 0.3) is 22.0 Å². The van der Waals surface area contributed by atoms with E-state index in [1.54, 1.807) is 11.0 Å². The van der Waals surface area contributed by atoms with E-state index in [1.807, 2.05) is 13.1 Å². The van der Waals surface area contributed by atoms with Crippen LogP contribution in [0.15, 0.2) is 24.3 Å². The molecule has 2 atom stereocenters. The van der Waals surface area contributed by atoms with E-state index in [9.17, 15) is 20.0 Å². The molecule has 11 nitrogen and oxygen atoms in total. The second-order valence-corrected chi connectivity index (χ2v) is 12.5. The van der Waals surface area contributed by atoms with Crippen molar-refractivity contribution in [2.24, 2.45) is 0 Å². The van der Waals surface area contributed by atoms with Crippen molar-refractivity contribution in [2.45, 2.75) is 63.5 Å². The molecule has 2 fully saturated rings. The van der Waals surface area contributed by atoms with E-state index < -0.39 is 23.8 Å². The predicted molar refractivity (Wildman–Crippen MR) is 177 cm³/mol. The molecule has 2 aliphatic heterocycles. The summed E-state index contributed by atoms with van der Waals surface area (Å²) in [6, 6.07) is 7.16. The number of likely N-dealkylation sites (N-methyl/N-ethyl adjacent to an activating group) is 1. The number of benzene rings is 2. The van der Waals surface area contributed by atoms with Gasteiger partial charge in [0.25, 0.3) is 0 Å². The molecule has 0 aliphatic carbocycles. The number of hydrogen-bond donors (Lipinski definition) is 1. The average Bonchev–Trinajstić information content (AvgIpc) is 3.48. The Hall–Kier alpha value is -4.28. The van der Waals surface area contributed by atoms with Gasteiger partial charge in [0.2, 0.25) is 0 Å². The Morgan fingerprint density at radius 2 is 1.94 bits per heavy atom. The van der Waals surface area contributed by atoms with Crippen LogP contribution in [-0.2, 0) is 4.79 Å². The molecule has 2 aliphatic rings. The second kappa shape index (κ2) is 16.2. The zero-order valence-electron chi connectivity index (χ0n) is 26.8. The fourth-order valence-electron chi connectivity index (χ4n) is 6.37. The summed E-state index contributed by atoms with van der Waals surface area (Å²) in [5, 5.41) is 19.2. The first kappa shape index (κ1) is 35.0. The van der Waals surface area contributed by atoms with E-state index in [-0.39, 0.29) is 89.9 Å². The first-order chi connectivity index (χ1) is 23.2. The molecular weight excluding hydrogens is 646 g/mol. The Balaban J connectivity index is 1.54. The molecule has 48 heavy (non-hydrogen) atoms. The summed E-state index contributed by atoms with van der Waals surface area (Å²) in [4.78, 5) is 36.7. The minimum absolute atomic E-state index is 0.0444. The molecule has 0 unspecified atom stereocenters. The topological polar surface area (TPSA) is 132 Å². The summed E-state index contributed by atoms with van der Waals surface area (Å²) in [5.74, 6) is -1.21. The monoisotopic (exact) mass is 684 g/mol. The number of hydrogen-bond acceptors (Lipinski definition) is 9. The van der Waals surface area contributed by atoms with Gasteiger partial charge in [-0.15, -0.1) is 0 Å². The number of piperazine rings is 1. The average molecular weight is 685 g/mol.